The zero-order chi connectivity index (χ0) is 22.3. The fourth-order valence-corrected chi connectivity index (χ4v) is 5.05. The van der Waals surface area contributed by atoms with Crippen LogP contribution in [0.3, 0.4) is 0 Å². The topological polar surface area (TPSA) is 53.8 Å². The molecule has 0 saturated carbocycles. The van der Waals surface area contributed by atoms with Crippen LogP contribution < -0.4 is 0 Å². The van der Waals surface area contributed by atoms with Gasteiger partial charge < -0.3 is 14.2 Å². The number of rotatable bonds is 3. The number of furan rings is 1. The molecule has 5 rings (SSSR count). The van der Waals surface area contributed by atoms with Crippen LogP contribution in [0, 0.1) is 17.0 Å². The standard InChI is InChI=1S/C25H24F2N2O3/c26-20-4-1-3-19(22(20)27)16-29-11-2-8-25(24(29)31)9-12-28(13-10-25)23(30)18-6-5-17-7-14-32-21(17)15-18/h1,3-7,14-15H,2,8-13,16H2. The van der Waals surface area contributed by atoms with Crippen LogP contribution in [0.4, 0.5) is 8.78 Å². The Labute approximate surface area is 184 Å². The van der Waals surface area contributed by atoms with Gasteiger partial charge in [0.2, 0.25) is 5.91 Å². The van der Waals surface area contributed by atoms with Gasteiger partial charge in [0.1, 0.15) is 5.58 Å². The third kappa shape index (κ3) is 3.55. The molecule has 166 valence electrons. The van der Waals surface area contributed by atoms with Gasteiger partial charge >= 0.3 is 0 Å². The molecule has 0 atom stereocenters. The largest absolute Gasteiger partial charge is 0.464 e. The van der Waals surface area contributed by atoms with E-state index in [0.717, 1.165) is 24.3 Å². The molecule has 2 aliphatic heterocycles. The van der Waals surface area contributed by atoms with E-state index in [9.17, 15) is 18.4 Å². The van der Waals surface area contributed by atoms with Crippen molar-refractivity contribution < 1.29 is 22.8 Å². The van der Waals surface area contributed by atoms with Crippen molar-refractivity contribution in [2.45, 2.75) is 32.2 Å². The van der Waals surface area contributed by atoms with Crippen LogP contribution in [0.25, 0.3) is 11.0 Å². The molecular formula is C25H24F2N2O3. The summed E-state index contributed by atoms with van der Waals surface area (Å²) in [6.07, 6.45) is 4.31. The molecule has 3 heterocycles. The Hall–Kier alpha value is -3.22. The van der Waals surface area contributed by atoms with Crippen molar-refractivity contribution in [3.05, 3.63) is 71.5 Å². The van der Waals surface area contributed by atoms with Crippen LogP contribution in [0.5, 0.6) is 0 Å². The molecule has 0 bridgehead atoms. The van der Waals surface area contributed by atoms with Crippen molar-refractivity contribution in [2.75, 3.05) is 19.6 Å². The predicted molar refractivity (Wildman–Crippen MR) is 115 cm³/mol. The summed E-state index contributed by atoms with van der Waals surface area (Å²) in [6, 6.07) is 11.3. The highest BCUT2D eigenvalue weighted by atomic mass is 19.2. The minimum Gasteiger partial charge on any atom is -0.464 e. The Balaban J connectivity index is 1.27. The lowest BCUT2D eigenvalue weighted by atomic mass is 9.71. The molecule has 2 amide bonds. The van der Waals surface area contributed by atoms with E-state index < -0.39 is 17.0 Å². The zero-order valence-corrected chi connectivity index (χ0v) is 17.7. The van der Waals surface area contributed by atoms with E-state index in [0.29, 0.717) is 43.6 Å². The van der Waals surface area contributed by atoms with Gasteiger partial charge in [-0.15, -0.1) is 0 Å². The summed E-state index contributed by atoms with van der Waals surface area (Å²) in [5.41, 5.74) is 0.897. The minimum absolute atomic E-state index is 0.0171. The number of fused-ring (bicyclic) bond motifs is 1. The first-order valence-corrected chi connectivity index (χ1v) is 11.0. The lowest BCUT2D eigenvalue weighted by molar-refractivity contribution is -0.150. The molecule has 3 aromatic rings. The average Bonchev–Trinajstić information content (AvgIpc) is 3.28. The summed E-state index contributed by atoms with van der Waals surface area (Å²) in [5, 5.41) is 0.946. The first-order valence-electron chi connectivity index (χ1n) is 11.0. The van der Waals surface area contributed by atoms with Gasteiger partial charge in [0.25, 0.3) is 5.91 Å². The third-order valence-corrected chi connectivity index (χ3v) is 6.93. The van der Waals surface area contributed by atoms with E-state index in [1.54, 1.807) is 28.2 Å². The Morgan fingerprint density at radius 3 is 2.66 bits per heavy atom. The second-order valence-electron chi connectivity index (χ2n) is 8.79. The van der Waals surface area contributed by atoms with Crippen LogP contribution in [0.2, 0.25) is 0 Å². The van der Waals surface area contributed by atoms with Crippen LogP contribution >= 0.6 is 0 Å². The van der Waals surface area contributed by atoms with Crippen LogP contribution in [-0.4, -0.2) is 41.2 Å². The van der Waals surface area contributed by atoms with Gasteiger partial charge in [-0.1, -0.05) is 18.2 Å². The first-order chi connectivity index (χ1) is 15.5. The van der Waals surface area contributed by atoms with Crippen molar-refractivity contribution in [1.82, 2.24) is 9.80 Å². The van der Waals surface area contributed by atoms with E-state index in [-0.39, 0.29) is 23.9 Å². The van der Waals surface area contributed by atoms with Crippen molar-refractivity contribution in [3.8, 4) is 0 Å². The van der Waals surface area contributed by atoms with Crippen LogP contribution in [0.15, 0.2) is 53.1 Å². The number of carbonyl (C=O) groups excluding carboxylic acids is 2. The molecule has 0 aliphatic carbocycles. The number of nitrogens with zero attached hydrogens (tertiary/aromatic N) is 2. The Bertz CT molecular complexity index is 1180. The van der Waals surface area contributed by atoms with Gasteiger partial charge in [0.05, 0.1) is 11.7 Å². The molecule has 0 N–H and O–H groups in total. The maximum Gasteiger partial charge on any atom is 0.253 e. The Morgan fingerprint density at radius 1 is 1.03 bits per heavy atom. The van der Waals surface area contributed by atoms with Crippen molar-refractivity contribution in [1.29, 1.82) is 0 Å². The summed E-state index contributed by atoms with van der Waals surface area (Å²) >= 11 is 0. The minimum atomic E-state index is -0.902. The predicted octanol–water partition coefficient (Wildman–Crippen LogP) is 4.76. The highest BCUT2D eigenvalue weighted by molar-refractivity contribution is 5.97. The number of carbonyl (C=O) groups is 2. The fourth-order valence-electron chi connectivity index (χ4n) is 5.05. The van der Waals surface area contributed by atoms with Crippen molar-refractivity contribution >= 4 is 22.8 Å². The fraction of sp³-hybridized carbons (Fsp3) is 0.360. The summed E-state index contributed by atoms with van der Waals surface area (Å²) in [4.78, 5) is 29.8. The van der Waals surface area contributed by atoms with Gasteiger partial charge in [-0.25, -0.2) is 8.78 Å². The number of hydrogen-bond donors (Lipinski definition) is 0. The molecule has 7 heteroatoms. The quantitative estimate of drug-likeness (QED) is 0.593. The highest BCUT2D eigenvalue weighted by Crippen LogP contribution is 2.41. The summed E-state index contributed by atoms with van der Waals surface area (Å²) in [7, 11) is 0. The molecule has 1 aromatic heterocycles. The molecule has 0 radical (unpaired) electrons. The summed E-state index contributed by atoms with van der Waals surface area (Å²) < 4.78 is 33.1. The van der Waals surface area contributed by atoms with E-state index in [4.69, 9.17) is 4.42 Å². The van der Waals surface area contributed by atoms with Gasteiger partial charge in [-0.3, -0.25) is 9.59 Å². The number of benzene rings is 2. The molecule has 2 fully saturated rings. The van der Waals surface area contributed by atoms with Gasteiger partial charge in [-0.2, -0.15) is 0 Å². The summed E-state index contributed by atoms with van der Waals surface area (Å²) in [6.45, 7) is 1.57. The lowest BCUT2D eigenvalue weighted by Crippen LogP contribution is -2.54. The maximum absolute atomic E-state index is 14.1. The molecule has 2 aliphatic rings. The number of halogens is 2. The second-order valence-corrected chi connectivity index (χ2v) is 8.79. The molecule has 0 unspecified atom stereocenters. The Morgan fingerprint density at radius 2 is 1.84 bits per heavy atom. The maximum atomic E-state index is 14.1. The van der Waals surface area contributed by atoms with Gasteiger partial charge in [0, 0.05) is 42.7 Å². The molecule has 1 spiro atoms. The normalized spacial score (nSPS) is 18.5. The van der Waals surface area contributed by atoms with Gasteiger partial charge in [-0.05, 0) is 49.9 Å². The summed E-state index contributed by atoms with van der Waals surface area (Å²) in [5.74, 6) is -1.88. The average molecular weight is 438 g/mol. The SMILES string of the molecule is O=C(c1ccc2ccoc2c1)N1CCC2(CCCN(Cc3cccc(F)c3F)C2=O)CC1. The van der Waals surface area contributed by atoms with Crippen molar-refractivity contribution in [3.63, 3.8) is 0 Å². The smallest absolute Gasteiger partial charge is 0.253 e. The number of likely N-dealkylation sites (tertiary alicyclic amines) is 2. The molecule has 2 saturated heterocycles. The molecular weight excluding hydrogens is 414 g/mol. The number of amides is 2. The molecule has 32 heavy (non-hydrogen) atoms. The lowest BCUT2D eigenvalue weighted by Gasteiger charge is -2.46. The van der Waals surface area contributed by atoms with Crippen LogP contribution in [0.1, 0.15) is 41.6 Å². The zero-order valence-electron chi connectivity index (χ0n) is 17.7. The van der Waals surface area contributed by atoms with Crippen molar-refractivity contribution in [2.24, 2.45) is 5.41 Å². The van der Waals surface area contributed by atoms with E-state index in [1.165, 1.54) is 12.1 Å². The monoisotopic (exact) mass is 438 g/mol. The number of piperidine rings is 2. The highest BCUT2D eigenvalue weighted by Gasteiger charge is 2.46. The van der Waals surface area contributed by atoms with Gasteiger partial charge in [0.15, 0.2) is 11.6 Å². The number of hydrogen-bond acceptors (Lipinski definition) is 3. The van der Waals surface area contributed by atoms with E-state index in [2.05, 4.69) is 0 Å². The molecule has 5 nitrogen and oxygen atoms in total. The van der Waals surface area contributed by atoms with E-state index in [1.807, 2.05) is 12.1 Å². The molecule has 2 aromatic carbocycles. The second kappa shape index (κ2) is 8.04. The Kier molecular flexibility index (Phi) is 5.19. The van der Waals surface area contributed by atoms with Crippen LogP contribution in [-0.2, 0) is 11.3 Å². The third-order valence-electron chi connectivity index (χ3n) is 6.93. The first kappa shape index (κ1) is 20.7. The van der Waals surface area contributed by atoms with E-state index >= 15 is 0 Å².